The minimum absolute atomic E-state index is 0.00978. The van der Waals surface area contributed by atoms with Crippen LogP contribution in [0.4, 0.5) is 0 Å². The Bertz CT molecular complexity index is 900. The summed E-state index contributed by atoms with van der Waals surface area (Å²) >= 11 is 0. The van der Waals surface area contributed by atoms with Crippen molar-refractivity contribution in [2.75, 3.05) is 7.05 Å². The van der Waals surface area contributed by atoms with Gasteiger partial charge in [0.1, 0.15) is 11.4 Å². The lowest BCUT2D eigenvalue weighted by Gasteiger charge is -2.27. The number of allylic oxidation sites excluding steroid dienone is 1. The van der Waals surface area contributed by atoms with Gasteiger partial charge in [-0.05, 0) is 35.9 Å². The van der Waals surface area contributed by atoms with E-state index >= 15 is 0 Å². The highest BCUT2D eigenvalue weighted by molar-refractivity contribution is 7.89. The Morgan fingerprint density at radius 3 is 2.55 bits per heavy atom. The minimum atomic E-state index is -3.75. The van der Waals surface area contributed by atoms with Crippen molar-refractivity contribution in [2.45, 2.75) is 4.90 Å². The molecule has 0 fully saturated rings. The first kappa shape index (κ1) is 14.3. The Balaban J connectivity index is 2.21. The fourth-order valence-electron chi connectivity index (χ4n) is 2.37. The molecule has 0 radical (unpaired) electrons. The molecule has 0 saturated heterocycles. The molecule has 0 atom stereocenters. The molecule has 0 bridgehead atoms. The molecule has 2 aromatic carbocycles. The third-order valence-electron chi connectivity index (χ3n) is 3.52. The first-order valence-electron chi connectivity index (χ1n) is 6.54. The van der Waals surface area contributed by atoms with Crippen LogP contribution in [0.2, 0.25) is 0 Å². The quantitative estimate of drug-likeness (QED) is 0.819. The molecule has 6 heteroatoms. The number of likely N-dealkylation sites (N-methyl/N-ethyl adjacent to an activating group) is 1. The van der Waals surface area contributed by atoms with Gasteiger partial charge in [-0.1, -0.05) is 24.3 Å². The van der Waals surface area contributed by atoms with Crippen LogP contribution in [0.1, 0.15) is 15.9 Å². The van der Waals surface area contributed by atoms with Crippen molar-refractivity contribution < 1.29 is 18.3 Å². The van der Waals surface area contributed by atoms with Crippen molar-refractivity contribution in [2.24, 2.45) is 0 Å². The number of hydrogen-bond donors (Lipinski definition) is 1. The Kier molecular flexibility index (Phi) is 3.26. The maximum atomic E-state index is 12.6. The van der Waals surface area contributed by atoms with Crippen molar-refractivity contribution in [3.63, 3.8) is 0 Å². The van der Waals surface area contributed by atoms with E-state index in [-0.39, 0.29) is 27.7 Å². The van der Waals surface area contributed by atoms with Gasteiger partial charge in [-0.25, -0.2) is 8.42 Å². The maximum absolute atomic E-state index is 12.6. The van der Waals surface area contributed by atoms with Crippen molar-refractivity contribution in [3.8, 4) is 5.75 Å². The highest BCUT2D eigenvalue weighted by atomic mass is 32.2. The molecule has 1 N–H and O–H groups in total. The summed E-state index contributed by atoms with van der Waals surface area (Å²) in [6.07, 6.45) is 1.45. The number of phenols is 1. The van der Waals surface area contributed by atoms with Gasteiger partial charge in [0.25, 0.3) is 10.0 Å². The van der Waals surface area contributed by atoms with Crippen LogP contribution in [0.3, 0.4) is 0 Å². The minimum Gasteiger partial charge on any atom is -0.508 e. The van der Waals surface area contributed by atoms with Gasteiger partial charge in [0.15, 0.2) is 0 Å². The van der Waals surface area contributed by atoms with Crippen LogP contribution in [0.15, 0.2) is 59.1 Å². The molecule has 0 unspecified atom stereocenters. The van der Waals surface area contributed by atoms with Gasteiger partial charge in [-0.3, -0.25) is 9.10 Å². The molecule has 0 aromatic heterocycles. The third-order valence-corrected chi connectivity index (χ3v) is 5.35. The Morgan fingerprint density at radius 2 is 1.82 bits per heavy atom. The van der Waals surface area contributed by atoms with Crippen molar-refractivity contribution in [1.82, 2.24) is 4.31 Å². The van der Waals surface area contributed by atoms with Crippen LogP contribution < -0.4 is 0 Å². The molecule has 5 nitrogen and oxygen atoms in total. The fraction of sp³-hybridized carbons (Fsp3) is 0.0625. The lowest BCUT2D eigenvalue weighted by molar-refractivity contribution is 0.101. The number of aromatic hydroxyl groups is 1. The molecule has 0 spiro atoms. The fourth-order valence-corrected chi connectivity index (χ4v) is 3.74. The summed E-state index contributed by atoms with van der Waals surface area (Å²) in [7, 11) is -2.41. The number of Topliss-reactive ketones (excluding diaryl/α,β-unsaturated/α-hetero) is 1. The number of benzene rings is 2. The van der Waals surface area contributed by atoms with Crippen LogP contribution in [-0.2, 0) is 10.0 Å². The third kappa shape index (κ3) is 2.17. The lowest BCUT2D eigenvalue weighted by Crippen LogP contribution is -2.36. The number of hydrogen-bond acceptors (Lipinski definition) is 4. The van der Waals surface area contributed by atoms with Gasteiger partial charge < -0.3 is 5.11 Å². The second-order valence-corrected chi connectivity index (χ2v) is 6.86. The molecular weight excluding hydrogens is 302 g/mol. The van der Waals surface area contributed by atoms with Crippen LogP contribution in [0.25, 0.3) is 6.08 Å². The Morgan fingerprint density at radius 1 is 1.09 bits per heavy atom. The Hall–Kier alpha value is -2.60. The van der Waals surface area contributed by atoms with E-state index in [1.165, 1.54) is 37.4 Å². The van der Waals surface area contributed by atoms with E-state index in [4.69, 9.17) is 0 Å². The van der Waals surface area contributed by atoms with Gasteiger partial charge in [0.2, 0.25) is 5.78 Å². The molecule has 3 rings (SSSR count). The van der Waals surface area contributed by atoms with Gasteiger partial charge >= 0.3 is 0 Å². The summed E-state index contributed by atoms with van der Waals surface area (Å²) in [5.74, 6) is -0.320. The number of nitrogens with zero attached hydrogens (tertiary/aromatic N) is 1. The number of carbonyl (C=O) groups excluding carboxylic acids is 1. The standard InChI is InChI=1S/C16H13NO4S/c1-17-14(10-11-5-4-6-12(18)9-11)16(19)13-7-2-3-8-15(13)22(17,20)21/h2-10,18H,1H3/b14-10-. The average molecular weight is 315 g/mol. The molecule has 1 aliphatic heterocycles. The summed E-state index contributed by atoms with van der Waals surface area (Å²) < 4.78 is 26.0. The summed E-state index contributed by atoms with van der Waals surface area (Å²) in [5.41, 5.74) is 0.751. The number of ketones is 1. The lowest BCUT2D eigenvalue weighted by atomic mass is 10.1. The SMILES string of the molecule is CN1/C(=C\c2cccc(O)c2)C(=O)c2ccccc2S1(=O)=O. The van der Waals surface area contributed by atoms with E-state index in [0.29, 0.717) is 5.56 Å². The number of carbonyl (C=O) groups is 1. The normalized spacial score (nSPS) is 18.3. The number of sulfonamides is 1. The molecule has 2 aromatic rings. The number of rotatable bonds is 1. The smallest absolute Gasteiger partial charge is 0.264 e. The zero-order valence-electron chi connectivity index (χ0n) is 11.7. The second kappa shape index (κ2) is 4.99. The first-order chi connectivity index (χ1) is 10.4. The van der Waals surface area contributed by atoms with Gasteiger partial charge in [-0.15, -0.1) is 0 Å². The highest BCUT2D eigenvalue weighted by Gasteiger charge is 2.36. The molecule has 1 heterocycles. The van der Waals surface area contributed by atoms with Crippen molar-refractivity contribution in [1.29, 1.82) is 0 Å². The molecule has 0 saturated carbocycles. The first-order valence-corrected chi connectivity index (χ1v) is 7.98. The summed E-state index contributed by atoms with van der Waals surface area (Å²) in [6.45, 7) is 0. The number of phenolic OH excluding ortho intramolecular Hbond substituents is 1. The Labute approximate surface area is 128 Å². The van der Waals surface area contributed by atoms with E-state index in [0.717, 1.165) is 4.31 Å². The molecular formula is C16H13NO4S. The van der Waals surface area contributed by atoms with Gasteiger partial charge in [-0.2, -0.15) is 0 Å². The predicted octanol–water partition coefficient (Wildman–Crippen LogP) is 2.25. The summed E-state index contributed by atoms with van der Waals surface area (Å²) in [5, 5.41) is 9.49. The van der Waals surface area contributed by atoms with E-state index in [1.807, 2.05) is 0 Å². The topological polar surface area (TPSA) is 74.7 Å². The van der Waals surface area contributed by atoms with E-state index < -0.39 is 10.0 Å². The van der Waals surface area contributed by atoms with Gasteiger partial charge in [0.05, 0.1) is 4.90 Å². The molecule has 112 valence electrons. The van der Waals surface area contributed by atoms with Crippen LogP contribution in [-0.4, -0.2) is 30.7 Å². The predicted molar refractivity (Wildman–Crippen MR) is 81.8 cm³/mol. The van der Waals surface area contributed by atoms with Crippen LogP contribution >= 0.6 is 0 Å². The largest absolute Gasteiger partial charge is 0.508 e. The molecule has 22 heavy (non-hydrogen) atoms. The zero-order chi connectivity index (χ0) is 15.9. The summed E-state index contributed by atoms with van der Waals surface area (Å²) in [6, 6.07) is 12.4. The second-order valence-electron chi connectivity index (χ2n) is 4.92. The average Bonchev–Trinajstić information content (AvgIpc) is 2.50. The van der Waals surface area contributed by atoms with Crippen molar-refractivity contribution in [3.05, 3.63) is 65.4 Å². The molecule has 1 aliphatic rings. The van der Waals surface area contributed by atoms with Crippen LogP contribution in [0.5, 0.6) is 5.75 Å². The number of fused-ring (bicyclic) bond motifs is 1. The highest BCUT2D eigenvalue weighted by Crippen LogP contribution is 2.31. The summed E-state index contributed by atoms with van der Waals surface area (Å²) in [4.78, 5) is 12.6. The van der Waals surface area contributed by atoms with Crippen molar-refractivity contribution >= 4 is 21.9 Å². The van der Waals surface area contributed by atoms with Crippen LogP contribution in [0, 0.1) is 0 Å². The van der Waals surface area contributed by atoms with E-state index in [2.05, 4.69) is 0 Å². The molecule has 0 aliphatic carbocycles. The monoisotopic (exact) mass is 315 g/mol. The maximum Gasteiger partial charge on any atom is 0.264 e. The van der Waals surface area contributed by atoms with Gasteiger partial charge in [0, 0.05) is 12.6 Å². The van der Waals surface area contributed by atoms with E-state index in [1.54, 1.807) is 24.3 Å². The van der Waals surface area contributed by atoms with E-state index in [9.17, 15) is 18.3 Å². The zero-order valence-corrected chi connectivity index (χ0v) is 12.5. The molecule has 0 amide bonds.